The molecule has 2 heterocycles. The number of nitrogens with zero attached hydrogens (tertiary/aromatic N) is 2. The van der Waals surface area contributed by atoms with Crippen LogP contribution in [0.1, 0.15) is 31.8 Å². The normalized spacial score (nSPS) is 12.3. The van der Waals surface area contributed by atoms with Crippen LogP contribution in [-0.2, 0) is 13.0 Å². The maximum atomic E-state index is 12.8. The fourth-order valence-corrected chi connectivity index (χ4v) is 3.69. The van der Waals surface area contributed by atoms with Crippen LogP contribution >= 0.6 is 0 Å². The first kappa shape index (κ1) is 20.4. The maximum absolute atomic E-state index is 12.8. The van der Waals surface area contributed by atoms with Gasteiger partial charge >= 0.3 is 0 Å². The highest BCUT2D eigenvalue weighted by Crippen LogP contribution is 2.30. The maximum Gasteiger partial charge on any atom is 0.258 e. The van der Waals surface area contributed by atoms with Crippen molar-refractivity contribution in [2.75, 3.05) is 25.7 Å². The summed E-state index contributed by atoms with van der Waals surface area (Å²) in [6.45, 7) is 1.02. The summed E-state index contributed by atoms with van der Waals surface area (Å²) in [6, 6.07) is 14.4. The summed E-state index contributed by atoms with van der Waals surface area (Å²) in [5.74, 6) is 0.849. The van der Waals surface area contributed by atoms with Crippen molar-refractivity contribution in [1.82, 2.24) is 10.3 Å². The van der Waals surface area contributed by atoms with Crippen LogP contribution < -0.4 is 19.7 Å². The van der Waals surface area contributed by atoms with Gasteiger partial charge in [-0.2, -0.15) is 0 Å². The number of hydrogen-bond donors (Lipinski definition) is 1. The van der Waals surface area contributed by atoms with Gasteiger partial charge in [0.25, 0.3) is 11.8 Å². The van der Waals surface area contributed by atoms with Crippen molar-refractivity contribution in [1.29, 1.82) is 0 Å². The van der Waals surface area contributed by atoms with Crippen LogP contribution in [0, 0.1) is 0 Å². The van der Waals surface area contributed by atoms with Crippen molar-refractivity contribution in [3.63, 3.8) is 0 Å². The second-order valence-corrected chi connectivity index (χ2v) is 7.16. The van der Waals surface area contributed by atoms with Crippen molar-refractivity contribution < 1.29 is 19.1 Å². The first-order chi connectivity index (χ1) is 15.1. The molecule has 0 saturated heterocycles. The van der Waals surface area contributed by atoms with E-state index < -0.39 is 0 Å². The van der Waals surface area contributed by atoms with Gasteiger partial charge in [0.2, 0.25) is 0 Å². The third-order valence-corrected chi connectivity index (χ3v) is 5.31. The summed E-state index contributed by atoms with van der Waals surface area (Å²) in [7, 11) is 3.09. The minimum absolute atomic E-state index is 0.0318. The molecule has 0 radical (unpaired) electrons. The number of amides is 2. The van der Waals surface area contributed by atoms with Gasteiger partial charge in [-0.15, -0.1) is 0 Å². The molecular weight excluding hydrogens is 394 g/mol. The Morgan fingerprint density at radius 2 is 1.74 bits per heavy atom. The van der Waals surface area contributed by atoms with E-state index in [0.717, 1.165) is 23.2 Å². The molecule has 4 rings (SSSR count). The first-order valence-electron chi connectivity index (χ1n) is 9.94. The lowest BCUT2D eigenvalue weighted by Crippen LogP contribution is -2.28. The van der Waals surface area contributed by atoms with Crippen molar-refractivity contribution in [2.45, 2.75) is 13.0 Å². The number of anilines is 1. The molecule has 2 amide bonds. The van der Waals surface area contributed by atoms with Gasteiger partial charge in [-0.25, -0.2) is 0 Å². The van der Waals surface area contributed by atoms with Crippen LogP contribution in [0.25, 0.3) is 0 Å². The second kappa shape index (κ2) is 8.87. The van der Waals surface area contributed by atoms with Gasteiger partial charge in [0.05, 0.1) is 14.2 Å². The predicted molar refractivity (Wildman–Crippen MR) is 117 cm³/mol. The average Bonchev–Trinajstić information content (AvgIpc) is 3.25. The number of rotatable bonds is 6. The van der Waals surface area contributed by atoms with Gasteiger partial charge in [-0.3, -0.25) is 14.6 Å². The summed E-state index contributed by atoms with van der Waals surface area (Å²) in [4.78, 5) is 31.1. The highest BCUT2D eigenvalue weighted by molar-refractivity contribution is 6.07. The van der Waals surface area contributed by atoms with E-state index in [-0.39, 0.29) is 11.8 Å². The Kier molecular flexibility index (Phi) is 5.84. The Bertz CT molecular complexity index is 1120. The van der Waals surface area contributed by atoms with E-state index in [1.165, 1.54) is 7.11 Å². The van der Waals surface area contributed by atoms with E-state index in [2.05, 4.69) is 10.3 Å². The molecule has 0 aliphatic carbocycles. The van der Waals surface area contributed by atoms with E-state index in [4.69, 9.17) is 9.47 Å². The average molecular weight is 417 g/mol. The van der Waals surface area contributed by atoms with E-state index in [9.17, 15) is 9.59 Å². The fourth-order valence-electron chi connectivity index (χ4n) is 3.69. The van der Waals surface area contributed by atoms with E-state index in [1.54, 1.807) is 54.7 Å². The molecule has 3 aromatic rings. The molecule has 0 bridgehead atoms. The number of nitrogens with one attached hydrogen (secondary N) is 1. The molecule has 7 heteroatoms. The Hall–Kier alpha value is -3.87. The quantitative estimate of drug-likeness (QED) is 0.666. The van der Waals surface area contributed by atoms with Gasteiger partial charge in [0, 0.05) is 42.3 Å². The summed E-state index contributed by atoms with van der Waals surface area (Å²) < 4.78 is 10.5. The van der Waals surface area contributed by atoms with Crippen molar-refractivity contribution >= 4 is 17.5 Å². The van der Waals surface area contributed by atoms with Gasteiger partial charge < -0.3 is 19.7 Å². The number of carbonyl (C=O) groups is 2. The van der Waals surface area contributed by atoms with E-state index in [1.807, 2.05) is 18.2 Å². The zero-order chi connectivity index (χ0) is 21.8. The third kappa shape index (κ3) is 4.21. The van der Waals surface area contributed by atoms with Crippen LogP contribution in [0.5, 0.6) is 11.5 Å². The topological polar surface area (TPSA) is 80.8 Å². The van der Waals surface area contributed by atoms with Crippen LogP contribution in [0.15, 0.2) is 60.9 Å². The Labute approximate surface area is 180 Å². The van der Waals surface area contributed by atoms with Crippen molar-refractivity contribution in [2.24, 2.45) is 0 Å². The number of benzene rings is 2. The van der Waals surface area contributed by atoms with Crippen LogP contribution in [0.3, 0.4) is 0 Å². The molecule has 0 saturated carbocycles. The molecule has 31 heavy (non-hydrogen) atoms. The lowest BCUT2D eigenvalue weighted by Gasteiger charge is -2.17. The summed E-state index contributed by atoms with van der Waals surface area (Å²) in [6.07, 6.45) is 4.02. The van der Waals surface area contributed by atoms with Gasteiger partial charge in [0.1, 0.15) is 0 Å². The van der Waals surface area contributed by atoms with Crippen LogP contribution in [-0.4, -0.2) is 37.6 Å². The predicted octanol–water partition coefficient (Wildman–Crippen LogP) is 3.23. The molecule has 1 aliphatic heterocycles. The third-order valence-electron chi connectivity index (χ3n) is 5.31. The molecule has 0 spiro atoms. The molecule has 2 aromatic carbocycles. The molecule has 0 unspecified atom stereocenters. The van der Waals surface area contributed by atoms with Gasteiger partial charge in [-0.1, -0.05) is 12.1 Å². The van der Waals surface area contributed by atoms with Crippen LogP contribution in [0.2, 0.25) is 0 Å². The molecule has 1 aromatic heterocycles. The van der Waals surface area contributed by atoms with Crippen LogP contribution in [0.4, 0.5) is 5.69 Å². The van der Waals surface area contributed by atoms with Crippen molar-refractivity contribution in [3.8, 4) is 11.5 Å². The summed E-state index contributed by atoms with van der Waals surface area (Å²) >= 11 is 0. The molecule has 158 valence electrons. The highest BCUT2D eigenvalue weighted by Gasteiger charge is 2.25. The van der Waals surface area contributed by atoms with Gasteiger partial charge in [-0.05, 0) is 53.9 Å². The van der Waals surface area contributed by atoms with E-state index >= 15 is 0 Å². The number of carbonyl (C=O) groups excluding carboxylic acids is 2. The second-order valence-electron chi connectivity index (χ2n) is 7.16. The highest BCUT2D eigenvalue weighted by atomic mass is 16.5. The monoisotopic (exact) mass is 417 g/mol. The molecule has 7 nitrogen and oxygen atoms in total. The smallest absolute Gasteiger partial charge is 0.258 e. The lowest BCUT2D eigenvalue weighted by molar-refractivity contribution is 0.0949. The zero-order valence-corrected chi connectivity index (χ0v) is 17.4. The first-order valence-corrected chi connectivity index (χ1v) is 9.94. The van der Waals surface area contributed by atoms with Gasteiger partial charge in [0.15, 0.2) is 11.5 Å². The Morgan fingerprint density at radius 1 is 0.968 bits per heavy atom. The Morgan fingerprint density at radius 3 is 2.48 bits per heavy atom. The standard InChI is InChI=1S/C24H23N3O4/c1-30-21-6-4-19(14-22(21)31-2)23(28)26-15-16-3-5-20-18(13-16)9-12-27(20)24(29)17-7-10-25-11-8-17/h3-8,10-11,13-14H,9,12,15H2,1-2H3,(H,26,28). The number of pyridine rings is 1. The fraction of sp³-hybridized carbons (Fsp3) is 0.208. The minimum atomic E-state index is -0.198. The lowest BCUT2D eigenvalue weighted by atomic mass is 10.1. The molecule has 1 aliphatic rings. The van der Waals surface area contributed by atoms with E-state index in [0.29, 0.717) is 35.7 Å². The number of fused-ring (bicyclic) bond motifs is 1. The number of hydrogen-bond acceptors (Lipinski definition) is 5. The number of aromatic nitrogens is 1. The number of ether oxygens (including phenoxy) is 2. The minimum Gasteiger partial charge on any atom is -0.493 e. The summed E-state index contributed by atoms with van der Waals surface area (Å²) in [5, 5.41) is 2.93. The molecule has 0 fully saturated rings. The largest absolute Gasteiger partial charge is 0.493 e. The zero-order valence-electron chi connectivity index (χ0n) is 17.4. The molecule has 1 N–H and O–H groups in total. The van der Waals surface area contributed by atoms with Crippen molar-refractivity contribution in [3.05, 3.63) is 83.2 Å². The Balaban J connectivity index is 1.43. The molecular formula is C24H23N3O4. The number of methoxy groups -OCH3 is 2. The summed E-state index contributed by atoms with van der Waals surface area (Å²) in [5.41, 5.74) is 4.10. The SMILES string of the molecule is COc1ccc(C(=O)NCc2ccc3c(c2)CCN3C(=O)c2ccncc2)cc1OC. The molecule has 0 atom stereocenters.